The average molecular weight is 180 g/mol. The van der Waals surface area contributed by atoms with Crippen molar-refractivity contribution in [3.05, 3.63) is 30.3 Å². The van der Waals surface area contributed by atoms with Crippen molar-refractivity contribution in [2.24, 2.45) is 0 Å². The van der Waals surface area contributed by atoms with Crippen LogP contribution in [0.1, 0.15) is 6.42 Å². The molecule has 0 unspecified atom stereocenters. The molecule has 0 radical (unpaired) electrons. The highest BCUT2D eigenvalue weighted by atomic mass is 28.2. The van der Waals surface area contributed by atoms with Crippen molar-refractivity contribution in [1.29, 1.82) is 0 Å². The molecule has 12 heavy (non-hydrogen) atoms. The van der Waals surface area contributed by atoms with Gasteiger partial charge in [-0.1, -0.05) is 30.8 Å². The SMILES string of the molecule is C[SiH2]CCCOc1ccccc1. The lowest BCUT2D eigenvalue weighted by atomic mass is 10.3. The second-order valence-corrected chi connectivity index (χ2v) is 4.58. The summed E-state index contributed by atoms with van der Waals surface area (Å²) < 4.78 is 5.53. The lowest BCUT2D eigenvalue weighted by molar-refractivity contribution is 0.317. The van der Waals surface area contributed by atoms with Crippen molar-refractivity contribution >= 4 is 9.52 Å². The molecule has 0 fully saturated rings. The van der Waals surface area contributed by atoms with Gasteiger partial charge >= 0.3 is 0 Å². The van der Waals surface area contributed by atoms with Gasteiger partial charge in [0.25, 0.3) is 0 Å². The van der Waals surface area contributed by atoms with Crippen molar-refractivity contribution in [3.8, 4) is 5.75 Å². The standard InChI is InChI=1S/C10H16OSi/c1-12-9-5-8-11-10-6-3-2-4-7-10/h2-4,6-7H,5,8-9,12H2,1H3. The lowest BCUT2D eigenvalue weighted by Crippen LogP contribution is -1.97. The van der Waals surface area contributed by atoms with E-state index in [-0.39, 0.29) is 9.52 Å². The normalized spacial score (nSPS) is 10.8. The summed E-state index contributed by atoms with van der Waals surface area (Å²) >= 11 is 0. The van der Waals surface area contributed by atoms with Crippen LogP contribution in [0.4, 0.5) is 0 Å². The average Bonchev–Trinajstić information content (AvgIpc) is 2.14. The summed E-state index contributed by atoms with van der Waals surface area (Å²) in [6, 6.07) is 11.4. The summed E-state index contributed by atoms with van der Waals surface area (Å²) in [5.74, 6) is 0.996. The van der Waals surface area contributed by atoms with Crippen LogP contribution in [0.15, 0.2) is 30.3 Å². The Morgan fingerprint density at radius 2 is 2.00 bits per heavy atom. The number of para-hydroxylation sites is 1. The molecule has 1 rings (SSSR count). The molecule has 0 bridgehead atoms. The Balaban J connectivity index is 2.16. The van der Waals surface area contributed by atoms with Crippen LogP contribution in [0.2, 0.25) is 12.6 Å². The first-order valence-corrected chi connectivity index (χ1v) is 7.02. The number of benzene rings is 1. The summed E-state index contributed by atoms with van der Waals surface area (Å²) in [6.07, 6.45) is 1.22. The second kappa shape index (κ2) is 5.83. The van der Waals surface area contributed by atoms with E-state index < -0.39 is 0 Å². The number of hydrogen-bond acceptors (Lipinski definition) is 1. The molecule has 0 aliphatic heterocycles. The molecule has 1 aromatic carbocycles. The number of ether oxygens (including phenoxy) is 1. The molecule has 0 saturated carbocycles. The Morgan fingerprint density at radius 1 is 1.25 bits per heavy atom. The highest BCUT2D eigenvalue weighted by Gasteiger charge is 1.90. The van der Waals surface area contributed by atoms with Crippen LogP contribution < -0.4 is 4.74 Å². The van der Waals surface area contributed by atoms with Crippen LogP contribution in [-0.4, -0.2) is 16.1 Å². The monoisotopic (exact) mass is 180 g/mol. The molecule has 0 amide bonds. The zero-order chi connectivity index (χ0) is 8.65. The molecular formula is C10H16OSi. The maximum atomic E-state index is 5.53. The van der Waals surface area contributed by atoms with Crippen molar-refractivity contribution in [3.63, 3.8) is 0 Å². The minimum Gasteiger partial charge on any atom is -0.494 e. The van der Waals surface area contributed by atoms with Crippen LogP contribution in [0, 0.1) is 0 Å². The third-order valence-corrected chi connectivity index (χ3v) is 2.97. The van der Waals surface area contributed by atoms with Gasteiger partial charge in [-0.25, -0.2) is 0 Å². The van der Waals surface area contributed by atoms with Crippen LogP contribution in [0.25, 0.3) is 0 Å². The Labute approximate surface area is 76.6 Å². The highest BCUT2D eigenvalue weighted by molar-refractivity contribution is 6.33. The third kappa shape index (κ3) is 3.58. The lowest BCUT2D eigenvalue weighted by Gasteiger charge is -2.03. The summed E-state index contributed by atoms with van der Waals surface area (Å²) in [5, 5.41) is 0. The van der Waals surface area contributed by atoms with Gasteiger partial charge in [-0.05, 0) is 18.6 Å². The largest absolute Gasteiger partial charge is 0.494 e. The van der Waals surface area contributed by atoms with Gasteiger partial charge in [0.05, 0.1) is 6.61 Å². The van der Waals surface area contributed by atoms with Gasteiger partial charge < -0.3 is 4.74 Å². The molecule has 0 heterocycles. The molecule has 0 aliphatic rings. The fourth-order valence-corrected chi connectivity index (χ4v) is 1.76. The zero-order valence-electron chi connectivity index (χ0n) is 7.62. The second-order valence-electron chi connectivity index (χ2n) is 2.87. The summed E-state index contributed by atoms with van der Waals surface area (Å²) in [5.41, 5.74) is 0. The minimum absolute atomic E-state index is 0.234. The van der Waals surface area contributed by atoms with Crippen LogP contribution in [-0.2, 0) is 0 Å². The molecule has 0 aromatic heterocycles. The molecular weight excluding hydrogens is 164 g/mol. The Hall–Kier alpha value is -0.763. The van der Waals surface area contributed by atoms with E-state index in [9.17, 15) is 0 Å². The topological polar surface area (TPSA) is 9.23 Å². The van der Waals surface area contributed by atoms with Crippen molar-refractivity contribution in [2.75, 3.05) is 6.61 Å². The van der Waals surface area contributed by atoms with Gasteiger partial charge in [-0.2, -0.15) is 0 Å². The van der Waals surface area contributed by atoms with E-state index in [1.165, 1.54) is 12.5 Å². The fraction of sp³-hybridized carbons (Fsp3) is 0.400. The molecule has 0 N–H and O–H groups in total. The Kier molecular flexibility index (Phi) is 4.53. The maximum Gasteiger partial charge on any atom is 0.119 e. The van der Waals surface area contributed by atoms with Gasteiger partial charge in [0.1, 0.15) is 5.75 Å². The third-order valence-electron chi connectivity index (χ3n) is 1.76. The van der Waals surface area contributed by atoms with Crippen molar-refractivity contribution in [2.45, 2.75) is 19.0 Å². The summed E-state index contributed by atoms with van der Waals surface area (Å²) in [4.78, 5) is 0. The summed E-state index contributed by atoms with van der Waals surface area (Å²) in [6.45, 7) is 3.22. The van der Waals surface area contributed by atoms with Gasteiger partial charge in [0.2, 0.25) is 0 Å². The van der Waals surface area contributed by atoms with Crippen LogP contribution >= 0.6 is 0 Å². The fourth-order valence-electron chi connectivity index (χ4n) is 1.06. The molecule has 1 aromatic rings. The van der Waals surface area contributed by atoms with Gasteiger partial charge in [-0.3, -0.25) is 0 Å². The van der Waals surface area contributed by atoms with E-state index in [0.717, 1.165) is 12.4 Å². The molecule has 0 aliphatic carbocycles. The highest BCUT2D eigenvalue weighted by Crippen LogP contribution is 2.08. The van der Waals surface area contributed by atoms with E-state index >= 15 is 0 Å². The van der Waals surface area contributed by atoms with Gasteiger partial charge in [0, 0.05) is 9.52 Å². The molecule has 2 heteroatoms. The maximum absolute atomic E-state index is 5.53. The number of rotatable bonds is 5. The first kappa shape index (κ1) is 9.33. The first-order valence-electron chi connectivity index (χ1n) is 4.61. The van der Waals surface area contributed by atoms with Crippen LogP contribution in [0.3, 0.4) is 0 Å². The first-order chi connectivity index (χ1) is 5.93. The van der Waals surface area contributed by atoms with Crippen LogP contribution in [0.5, 0.6) is 5.75 Å². The smallest absolute Gasteiger partial charge is 0.119 e. The van der Waals surface area contributed by atoms with E-state index in [2.05, 4.69) is 6.55 Å². The van der Waals surface area contributed by atoms with E-state index in [0.29, 0.717) is 0 Å². The predicted molar refractivity (Wildman–Crippen MR) is 55.8 cm³/mol. The minimum atomic E-state index is 0.234. The Bertz CT molecular complexity index is 198. The number of hydrogen-bond donors (Lipinski definition) is 0. The van der Waals surface area contributed by atoms with Crippen molar-refractivity contribution in [1.82, 2.24) is 0 Å². The predicted octanol–water partition coefficient (Wildman–Crippen LogP) is 2.09. The van der Waals surface area contributed by atoms with Gasteiger partial charge in [0.15, 0.2) is 0 Å². The molecule has 1 nitrogen and oxygen atoms in total. The molecule has 0 atom stereocenters. The van der Waals surface area contributed by atoms with E-state index in [4.69, 9.17) is 4.74 Å². The molecule has 0 spiro atoms. The molecule has 0 saturated heterocycles. The zero-order valence-corrected chi connectivity index (χ0v) is 9.04. The van der Waals surface area contributed by atoms with Gasteiger partial charge in [-0.15, -0.1) is 0 Å². The summed E-state index contributed by atoms with van der Waals surface area (Å²) in [7, 11) is 0.234. The van der Waals surface area contributed by atoms with Crippen molar-refractivity contribution < 1.29 is 4.74 Å². The molecule has 66 valence electrons. The van der Waals surface area contributed by atoms with E-state index in [1.54, 1.807) is 0 Å². The quantitative estimate of drug-likeness (QED) is 0.498. The van der Waals surface area contributed by atoms with E-state index in [1.807, 2.05) is 30.3 Å². The Morgan fingerprint density at radius 3 is 2.67 bits per heavy atom.